The van der Waals surface area contributed by atoms with Crippen molar-refractivity contribution in [3.63, 3.8) is 0 Å². The number of benzene rings is 1. The molecule has 0 unspecified atom stereocenters. The van der Waals surface area contributed by atoms with Crippen LogP contribution in [-0.2, 0) is 0 Å². The van der Waals surface area contributed by atoms with Gasteiger partial charge in [0.25, 0.3) is 11.6 Å². The highest BCUT2D eigenvalue weighted by molar-refractivity contribution is 9.11. The molecule has 1 N–H and O–H groups in total. The number of hydrogen-bond acceptors (Lipinski definition) is 4. The van der Waals surface area contributed by atoms with Crippen LogP contribution < -0.4 is 5.32 Å². The van der Waals surface area contributed by atoms with Crippen LogP contribution in [0.15, 0.2) is 39.4 Å². The van der Waals surface area contributed by atoms with Crippen molar-refractivity contribution >= 4 is 60.7 Å². The van der Waals surface area contributed by atoms with E-state index >= 15 is 0 Å². The maximum absolute atomic E-state index is 12.2. The highest BCUT2D eigenvalue weighted by Crippen LogP contribution is 2.31. The average molecular weight is 435 g/mol. The summed E-state index contributed by atoms with van der Waals surface area (Å²) in [6.45, 7) is 0. The molecule has 1 amide bonds. The molecule has 2 aromatic rings. The summed E-state index contributed by atoms with van der Waals surface area (Å²) >= 11 is 12.4. The van der Waals surface area contributed by atoms with Crippen LogP contribution in [0.3, 0.4) is 0 Å². The highest BCUT2D eigenvalue weighted by atomic mass is 79.9. The fourth-order valence-electron chi connectivity index (χ4n) is 1.49. The minimum atomic E-state index is -0.644. The molecule has 0 bridgehead atoms. The molecule has 0 aliphatic rings. The molecular formula is C12H6Br2ClN3O3. The molecule has 0 aliphatic carbocycles. The Labute approximate surface area is 140 Å². The standard InChI is InChI=1S/C12H6Br2ClN3O3/c13-8-2-1-3-9(14)10(8)17-12(19)7-4-6(18(20)21)5-16-11(7)15/h1-5H,(H,17,19). The fraction of sp³-hybridized carbons (Fsp3) is 0. The van der Waals surface area contributed by atoms with E-state index in [1.807, 2.05) is 0 Å². The number of carbonyl (C=O) groups is 1. The van der Waals surface area contributed by atoms with E-state index in [-0.39, 0.29) is 16.4 Å². The second kappa shape index (κ2) is 6.50. The highest BCUT2D eigenvalue weighted by Gasteiger charge is 2.18. The molecule has 0 saturated heterocycles. The normalized spacial score (nSPS) is 10.2. The molecule has 0 saturated carbocycles. The molecule has 1 aromatic carbocycles. The lowest BCUT2D eigenvalue weighted by Crippen LogP contribution is -2.14. The molecule has 108 valence electrons. The smallest absolute Gasteiger partial charge is 0.288 e. The molecule has 0 aliphatic heterocycles. The van der Waals surface area contributed by atoms with Crippen molar-refractivity contribution in [3.05, 3.63) is 60.2 Å². The lowest BCUT2D eigenvalue weighted by molar-refractivity contribution is -0.385. The van der Waals surface area contributed by atoms with Crippen molar-refractivity contribution in [2.24, 2.45) is 0 Å². The van der Waals surface area contributed by atoms with E-state index in [0.717, 1.165) is 12.3 Å². The van der Waals surface area contributed by atoms with Gasteiger partial charge in [-0.2, -0.15) is 0 Å². The lowest BCUT2D eigenvalue weighted by Gasteiger charge is -2.10. The van der Waals surface area contributed by atoms with Gasteiger partial charge < -0.3 is 5.32 Å². The van der Waals surface area contributed by atoms with Crippen molar-refractivity contribution < 1.29 is 9.72 Å². The third kappa shape index (κ3) is 3.58. The number of para-hydroxylation sites is 1. The van der Waals surface area contributed by atoms with Crippen LogP contribution in [0.1, 0.15) is 10.4 Å². The van der Waals surface area contributed by atoms with Crippen LogP contribution in [0.4, 0.5) is 11.4 Å². The van der Waals surface area contributed by atoms with Crippen molar-refractivity contribution in [1.82, 2.24) is 4.98 Å². The van der Waals surface area contributed by atoms with Crippen LogP contribution in [0, 0.1) is 10.1 Å². The summed E-state index contributed by atoms with van der Waals surface area (Å²) in [5, 5.41) is 13.2. The zero-order chi connectivity index (χ0) is 15.6. The second-order valence-corrected chi connectivity index (χ2v) is 5.91. The SMILES string of the molecule is O=C(Nc1c(Br)cccc1Br)c1cc([N+](=O)[O-])cnc1Cl. The summed E-state index contributed by atoms with van der Waals surface area (Å²) in [7, 11) is 0. The molecule has 6 nitrogen and oxygen atoms in total. The number of carbonyl (C=O) groups excluding carboxylic acids is 1. The number of pyridine rings is 1. The van der Waals surface area contributed by atoms with Gasteiger partial charge in [-0.15, -0.1) is 0 Å². The van der Waals surface area contributed by atoms with E-state index in [0.29, 0.717) is 14.6 Å². The predicted octanol–water partition coefficient (Wildman–Crippen LogP) is 4.42. The summed E-state index contributed by atoms with van der Waals surface area (Å²) in [5.41, 5.74) is 0.106. The van der Waals surface area contributed by atoms with Crippen LogP contribution in [0.5, 0.6) is 0 Å². The molecular weight excluding hydrogens is 429 g/mol. The van der Waals surface area contributed by atoms with Gasteiger partial charge in [-0.3, -0.25) is 14.9 Å². The summed E-state index contributed by atoms with van der Waals surface area (Å²) in [5.74, 6) is -0.594. The average Bonchev–Trinajstić information content (AvgIpc) is 2.43. The number of halogens is 3. The Morgan fingerprint density at radius 1 is 1.33 bits per heavy atom. The van der Waals surface area contributed by atoms with Gasteiger partial charge in [0.15, 0.2) is 0 Å². The van der Waals surface area contributed by atoms with Crippen molar-refractivity contribution in [2.45, 2.75) is 0 Å². The van der Waals surface area contributed by atoms with Crippen LogP contribution in [-0.4, -0.2) is 15.8 Å². The molecule has 1 heterocycles. The van der Waals surface area contributed by atoms with Crippen LogP contribution in [0.2, 0.25) is 5.15 Å². The quantitative estimate of drug-likeness (QED) is 0.439. The molecule has 0 radical (unpaired) electrons. The first-order chi connectivity index (χ1) is 9.90. The Hall–Kier alpha value is -1.51. The number of nitrogens with zero attached hydrogens (tertiary/aromatic N) is 2. The van der Waals surface area contributed by atoms with Crippen molar-refractivity contribution in [3.8, 4) is 0 Å². The van der Waals surface area contributed by atoms with Gasteiger partial charge >= 0.3 is 0 Å². The Morgan fingerprint density at radius 2 is 1.95 bits per heavy atom. The number of anilines is 1. The van der Waals surface area contributed by atoms with Crippen LogP contribution >= 0.6 is 43.5 Å². The topological polar surface area (TPSA) is 85.1 Å². The molecule has 0 spiro atoms. The molecule has 1 aromatic heterocycles. The third-order valence-electron chi connectivity index (χ3n) is 2.48. The van der Waals surface area contributed by atoms with E-state index in [9.17, 15) is 14.9 Å². The Kier molecular flexibility index (Phi) is 4.92. The van der Waals surface area contributed by atoms with Crippen molar-refractivity contribution in [2.75, 3.05) is 5.32 Å². The number of nitro groups is 1. The Morgan fingerprint density at radius 3 is 2.52 bits per heavy atom. The number of hydrogen-bond donors (Lipinski definition) is 1. The first-order valence-electron chi connectivity index (χ1n) is 5.45. The molecule has 2 rings (SSSR count). The number of amides is 1. The molecule has 0 fully saturated rings. The molecule has 21 heavy (non-hydrogen) atoms. The monoisotopic (exact) mass is 433 g/mol. The number of nitrogens with one attached hydrogen (secondary N) is 1. The first-order valence-corrected chi connectivity index (χ1v) is 7.42. The second-order valence-electron chi connectivity index (χ2n) is 3.84. The summed E-state index contributed by atoms with van der Waals surface area (Å²) in [4.78, 5) is 25.9. The van der Waals surface area contributed by atoms with Crippen LogP contribution in [0.25, 0.3) is 0 Å². The van der Waals surface area contributed by atoms with E-state index in [1.54, 1.807) is 18.2 Å². The Balaban J connectivity index is 2.37. The van der Waals surface area contributed by atoms with E-state index in [1.165, 1.54) is 0 Å². The first kappa shape index (κ1) is 15.9. The minimum Gasteiger partial charge on any atom is -0.320 e. The maximum atomic E-state index is 12.2. The fourth-order valence-corrected chi connectivity index (χ4v) is 2.88. The van der Waals surface area contributed by atoms with Gasteiger partial charge in [-0.1, -0.05) is 17.7 Å². The number of aromatic nitrogens is 1. The zero-order valence-corrected chi connectivity index (χ0v) is 14.1. The van der Waals surface area contributed by atoms with E-state index in [4.69, 9.17) is 11.6 Å². The Bertz CT molecular complexity index is 719. The lowest BCUT2D eigenvalue weighted by atomic mass is 10.2. The van der Waals surface area contributed by atoms with Gasteiger partial charge in [-0.25, -0.2) is 4.98 Å². The van der Waals surface area contributed by atoms with E-state index < -0.39 is 10.8 Å². The van der Waals surface area contributed by atoms with Gasteiger partial charge in [0.1, 0.15) is 11.3 Å². The predicted molar refractivity (Wildman–Crippen MR) is 85.7 cm³/mol. The molecule has 9 heteroatoms. The summed E-state index contributed by atoms with van der Waals surface area (Å²) in [6, 6.07) is 6.35. The maximum Gasteiger partial charge on any atom is 0.288 e. The van der Waals surface area contributed by atoms with Crippen molar-refractivity contribution in [1.29, 1.82) is 0 Å². The molecule has 0 atom stereocenters. The minimum absolute atomic E-state index is 0.0754. The zero-order valence-electron chi connectivity index (χ0n) is 10.1. The summed E-state index contributed by atoms with van der Waals surface area (Å²) < 4.78 is 1.31. The third-order valence-corrected chi connectivity index (χ3v) is 4.10. The van der Waals surface area contributed by atoms with Gasteiger partial charge in [0.05, 0.1) is 16.2 Å². The van der Waals surface area contributed by atoms with E-state index in [2.05, 4.69) is 42.2 Å². The largest absolute Gasteiger partial charge is 0.320 e. The van der Waals surface area contributed by atoms with Gasteiger partial charge in [0, 0.05) is 15.0 Å². The van der Waals surface area contributed by atoms with Gasteiger partial charge in [-0.05, 0) is 44.0 Å². The summed E-state index contributed by atoms with van der Waals surface area (Å²) in [6.07, 6.45) is 0.994. The van der Waals surface area contributed by atoms with Gasteiger partial charge in [0.2, 0.25) is 0 Å². The number of rotatable bonds is 3.